The summed E-state index contributed by atoms with van der Waals surface area (Å²) < 4.78 is 5.67. The highest BCUT2D eigenvalue weighted by molar-refractivity contribution is 6.32. The number of hydrogen-bond donors (Lipinski definition) is 1. The molecule has 0 aliphatic carbocycles. The summed E-state index contributed by atoms with van der Waals surface area (Å²) in [5, 5.41) is 11.1. The Kier molecular flexibility index (Phi) is 4.20. The van der Waals surface area contributed by atoms with E-state index in [-0.39, 0.29) is 6.04 Å². The van der Waals surface area contributed by atoms with Crippen molar-refractivity contribution in [3.05, 3.63) is 28.3 Å². The Morgan fingerprint density at radius 3 is 2.60 bits per heavy atom. The van der Waals surface area contributed by atoms with Crippen LogP contribution in [0.3, 0.4) is 0 Å². The summed E-state index contributed by atoms with van der Waals surface area (Å²) in [6, 6.07) is 4.06. The lowest BCUT2D eigenvalue weighted by atomic mass is 9.94. The largest absolute Gasteiger partial charge is 0.489 e. The Morgan fingerprint density at radius 2 is 1.90 bits per heavy atom. The topological polar surface area (TPSA) is 32.7 Å². The fraction of sp³-hybridized carbons (Fsp3) is 0.625. The van der Waals surface area contributed by atoms with Crippen molar-refractivity contribution in [2.24, 2.45) is 0 Å². The van der Waals surface area contributed by atoms with Crippen molar-refractivity contribution in [2.75, 3.05) is 19.7 Å². The number of likely N-dealkylation sites (tertiary alicyclic amines) is 1. The third-order valence-corrected chi connectivity index (χ3v) is 4.61. The van der Waals surface area contributed by atoms with Crippen molar-refractivity contribution in [1.82, 2.24) is 4.90 Å². The zero-order valence-corrected chi connectivity index (χ0v) is 12.7. The van der Waals surface area contributed by atoms with Crippen molar-refractivity contribution in [3.8, 4) is 5.75 Å². The van der Waals surface area contributed by atoms with E-state index in [1.54, 1.807) is 0 Å². The molecule has 3 rings (SSSR count). The number of nitrogens with zero attached hydrogens (tertiary/aromatic N) is 1. The highest BCUT2D eigenvalue weighted by atomic mass is 35.5. The predicted octanol–water partition coefficient (Wildman–Crippen LogP) is 3.32. The maximum atomic E-state index is 10.4. The fourth-order valence-corrected chi connectivity index (χ4v) is 3.74. The Balaban J connectivity index is 1.98. The predicted molar refractivity (Wildman–Crippen MR) is 80.5 cm³/mol. The molecule has 0 amide bonds. The molecule has 0 aromatic heterocycles. The first kappa shape index (κ1) is 14.2. The number of rotatable bonds is 1. The molecule has 0 bridgehead atoms. The number of aliphatic hydroxyl groups excluding tert-OH is 1. The van der Waals surface area contributed by atoms with Gasteiger partial charge in [-0.25, -0.2) is 0 Å². The second kappa shape index (κ2) is 5.92. The molecule has 1 aromatic rings. The maximum Gasteiger partial charge on any atom is 0.142 e. The molecule has 4 heteroatoms. The molecule has 20 heavy (non-hydrogen) atoms. The smallest absolute Gasteiger partial charge is 0.142 e. The van der Waals surface area contributed by atoms with E-state index >= 15 is 0 Å². The molecule has 2 heterocycles. The fourth-order valence-electron chi connectivity index (χ4n) is 3.41. The van der Waals surface area contributed by atoms with Crippen LogP contribution in [-0.4, -0.2) is 35.8 Å². The first-order valence-electron chi connectivity index (χ1n) is 7.52. The SMILES string of the molecule is Cc1cc(Cl)c2c(c1)C(N1CCCCCC1)C(O)CO2. The van der Waals surface area contributed by atoms with Gasteiger partial charge in [-0.05, 0) is 44.5 Å². The second-order valence-electron chi connectivity index (χ2n) is 5.94. The van der Waals surface area contributed by atoms with E-state index in [4.69, 9.17) is 16.3 Å². The first-order valence-corrected chi connectivity index (χ1v) is 7.89. The normalized spacial score (nSPS) is 27.6. The Hall–Kier alpha value is -0.770. The van der Waals surface area contributed by atoms with Crippen LogP contribution in [0, 0.1) is 6.92 Å². The molecule has 1 fully saturated rings. The van der Waals surface area contributed by atoms with E-state index in [0.717, 1.165) is 30.0 Å². The summed E-state index contributed by atoms with van der Waals surface area (Å²) in [6.07, 6.45) is 4.52. The molecule has 3 nitrogen and oxygen atoms in total. The van der Waals surface area contributed by atoms with E-state index in [9.17, 15) is 5.11 Å². The molecular weight excluding hydrogens is 274 g/mol. The Morgan fingerprint density at radius 1 is 1.20 bits per heavy atom. The van der Waals surface area contributed by atoms with Gasteiger partial charge in [0.15, 0.2) is 0 Å². The molecule has 0 saturated carbocycles. The van der Waals surface area contributed by atoms with Crippen LogP contribution in [0.4, 0.5) is 0 Å². The van der Waals surface area contributed by atoms with E-state index < -0.39 is 6.10 Å². The van der Waals surface area contributed by atoms with Gasteiger partial charge in [0.25, 0.3) is 0 Å². The van der Waals surface area contributed by atoms with Gasteiger partial charge in [-0.1, -0.05) is 30.5 Å². The third-order valence-electron chi connectivity index (χ3n) is 4.33. The molecule has 1 saturated heterocycles. The minimum absolute atomic E-state index is 0.0225. The number of benzene rings is 1. The van der Waals surface area contributed by atoms with Gasteiger partial charge >= 0.3 is 0 Å². The molecule has 2 unspecified atom stereocenters. The highest BCUT2D eigenvalue weighted by Gasteiger charge is 2.35. The average molecular weight is 296 g/mol. The lowest BCUT2D eigenvalue weighted by molar-refractivity contribution is 0.00111. The van der Waals surface area contributed by atoms with E-state index in [0.29, 0.717) is 11.6 Å². The number of hydrogen-bond acceptors (Lipinski definition) is 3. The maximum absolute atomic E-state index is 10.4. The zero-order valence-electron chi connectivity index (χ0n) is 11.9. The van der Waals surface area contributed by atoms with E-state index in [1.165, 1.54) is 25.7 Å². The van der Waals surface area contributed by atoms with E-state index in [2.05, 4.69) is 11.0 Å². The summed E-state index contributed by atoms with van der Waals surface area (Å²) in [5.41, 5.74) is 2.17. The second-order valence-corrected chi connectivity index (χ2v) is 6.35. The Labute approximate surface area is 125 Å². The van der Waals surface area contributed by atoms with Gasteiger partial charge in [0.1, 0.15) is 18.5 Å². The molecular formula is C16H22ClNO2. The summed E-state index contributed by atoms with van der Waals surface area (Å²) in [6.45, 7) is 4.46. The van der Waals surface area contributed by atoms with Gasteiger partial charge in [-0.2, -0.15) is 0 Å². The lowest BCUT2D eigenvalue weighted by Gasteiger charge is -2.38. The minimum Gasteiger partial charge on any atom is -0.489 e. The van der Waals surface area contributed by atoms with Crippen LogP contribution in [0.25, 0.3) is 0 Å². The van der Waals surface area contributed by atoms with Gasteiger partial charge in [0.2, 0.25) is 0 Å². The molecule has 0 spiro atoms. The average Bonchev–Trinajstić information content (AvgIpc) is 2.67. The van der Waals surface area contributed by atoms with Crippen molar-refractivity contribution < 1.29 is 9.84 Å². The highest BCUT2D eigenvalue weighted by Crippen LogP contribution is 2.41. The molecule has 2 atom stereocenters. The van der Waals surface area contributed by atoms with Crippen molar-refractivity contribution in [3.63, 3.8) is 0 Å². The quantitative estimate of drug-likeness (QED) is 0.863. The van der Waals surface area contributed by atoms with Crippen LogP contribution in [-0.2, 0) is 0 Å². The van der Waals surface area contributed by atoms with Crippen LogP contribution < -0.4 is 4.74 Å². The third kappa shape index (κ3) is 2.67. The number of aliphatic hydroxyl groups is 1. The Bertz CT molecular complexity index is 484. The monoisotopic (exact) mass is 295 g/mol. The van der Waals surface area contributed by atoms with Crippen LogP contribution in [0.2, 0.25) is 5.02 Å². The standard InChI is InChI=1S/C16H22ClNO2/c1-11-8-12-15(18-6-4-2-3-5-7-18)14(19)10-20-16(12)13(17)9-11/h8-9,14-15,19H,2-7,10H2,1H3. The lowest BCUT2D eigenvalue weighted by Crippen LogP contribution is -2.42. The number of halogens is 1. The van der Waals surface area contributed by atoms with Crippen molar-refractivity contribution in [2.45, 2.75) is 44.8 Å². The minimum atomic E-state index is -0.474. The van der Waals surface area contributed by atoms with Gasteiger partial charge in [-0.3, -0.25) is 4.90 Å². The van der Waals surface area contributed by atoms with Gasteiger partial charge < -0.3 is 9.84 Å². The van der Waals surface area contributed by atoms with Gasteiger partial charge in [0.05, 0.1) is 11.1 Å². The van der Waals surface area contributed by atoms with E-state index in [1.807, 2.05) is 13.0 Å². The molecule has 1 aromatic carbocycles. The van der Waals surface area contributed by atoms with Crippen LogP contribution >= 0.6 is 11.6 Å². The number of fused-ring (bicyclic) bond motifs is 1. The zero-order chi connectivity index (χ0) is 14.1. The first-order chi connectivity index (χ1) is 9.66. The summed E-state index contributed by atoms with van der Waals surface area (Å²) in [5.74, 6) is 0.761. The molecule has 110 valence electrons. The molecule has 1 N–H and O–H groups in total. The van der Waals surface area contributed by atoms with Gasteiger partial charge in [-0.15, -0.1) is 0 Å². The van der Waals surface area contributed by atoms with Crippen molar-refractivity contribution in [1.29, 1.82) is 0 Å². The summed E-state index contributed by atoms with van der Waals surface area (Å²) in [4.78, 5) is 2.41. The van der Waals surface area contributed by atoms with Crippen LogP contribution in [0.1, 0.15) is 42.9 Å². The summed E-state index contributed by atoms with van der Waals surface area (Å²) >= 11 is 6.31. The molecule has 0 radical (unpaired) electrons. The van der Waals surface area contributed by atoms with Crippen LogP contribution in [0.5, 0.6) is 5.75 Å². The molecule has 2 aliphatic rings. The van der Waals surface area contributed by atoms with Crippen LogP contribution in [0.15, 0.2) is 12.1 Å². The van der Waals surface area contributed by atoms with Gasteiger partial charge in [0, 0.05) is 5.56 Å². The number of ether oxygens (including phenoxy) is 1. The number of aryl methyl sites for hydroxylation is 1. The molecule has 2 aliphatic heterocycles. The summed E-state index contributed by atoms with van der Waals surface area (Å²) in [7, 11) is 0. The van der Waals surface area contributed by atoms with Crippen molar-refractivity contribution >= 4 is 11.6 Å².